The lowest BCUT2D eigenvalue weighted by molar-refractivity contribution is -0.124. The summed E-state index contributed by atoms with van der Waals surface area (Å²) in [5.74, 6) is 2.56. The van der Waals surface area contributed by atoms with Crippen molar-refractivity contribution in [1.82, 2.24) is 4.98 Å². The van der Waals surface area contributed by atoms with Gasteiger partial charge in [-0.15, -0.1) is 0 Å². The smallest absolute Gasteiger partial charge is 0.254 e. The summed E-state index contributed by atoms with van der Waals surface area (Å²) < 4.78 is 5.34. The maximum atomic E-state index is 11.9. The molecule has 0 aromatic carbocycles. The Bertz CT molecular complexity index is 406. The molecule has 1 aromatic heterocycles. The molecule has 1 saturated heterocycles. The highest BCUT2D eigenvalue weighted by Gasteiger charge is 2.23. The van der Waals surface area contributed by atoms with E-state index in [1.54, 1.807) is 6.20 Å². The van der Waals surface area contributed by atoms with Crippen molar-refractivity contribution in [2.45, 2.75) is 31.6 Å². The van der Waals surface area contributed by atoms with Crippen LogP contribution in [0.4, 0.5) is 5.82 Å². The first kappa shape index (κ1) is 13.4. The number of thioether (sulfide) groups is 1. The molecular formula is C13H18N2O2S. The molecule has 2 heterocycles. The number of anilines is 1. The van der Waals surface area contributed by atoms with Gasteiger partial charge in [0.25, 0.3) is 5.91 Å². The van der Waals surface area contributed by atoms with Crippen LogP contribution < -0.4 is 5.32 Å². The number of ether oxygens (including phenoxy) is 1. The highest BCUT2D eigenvalue weighted by atomic mass is 32.2. The summed E-state index contributed by atoms with van der Waals surface area (Å²) in [5.41, 5.74) is 1.18. The average Bonchev–Trinajstić information content (AvgIpc) is 2.91. The summed E-state index contributed by atoms with van der Waals surface area (Å²) in [6, 6.07) is 3.90. The Morgan fingerprint density at radius 1 is 1.67 bits per heavy atom. The summed E-state index contributed by atoms with van der Waals surface area (Å²) >= 11 is 1.85. The fourth-order valence-electron chi connectivity index (χ4n) is 1.84. The van der Waals surface area contributed by atoms with Gasteiger partial charge in [0, 0.05) is 18.6 Å². The second-order valence-electron chi connectivity index (χ2n) is 4.18. The van der Waals surface area contributed by atoms with Crippen molar-refractivity contribution in [2.24, 2.45) is 0 Å². The second kappa shape index (κ2) is 6.75. The van der Waals surface area contributed by atoms with Crippen molar-refractivity contribution < 1.29 is 9.53 Å². The van der Waals surface area contributed by atoms with E-state index in [1.807, 2.05) is 23.9 Å². The Hall–Kier alpha value is -1.07. The minimum atomic E-state index is -0.305. The molecule has 18 heavy (non-hydrogen) atoms. The fourth-order valence-corrected chi connectivity index (χ4v) is 2.46. The zero-order chi connectivity index (χ0) is 12.8. The van der Waals surface area contributed by atoms with E-state index in [2.05, 4.69) is 17.2 Å². The third kappa shape index (κ3) is 3.71. The number of rotatable bonds is 5. The number of carbonyl (C=O) groups is 1. The highest BCUT2D eigenvalue weighted by Crippen LogP contribution is 2.17. The molecule has 1 atom stereocenters. The van der Waals surface area contributed by atoms with Gasteiger partial charge in [-0.3, -0.25) is 4.79 Å². The molecule has 4 nitrogen and oxygen atoms in total. The molecule has 0 bridgehead atoms. The SMILES string of the molecule is CCSCc1ccnc(NC(=O)[C@H]2CCCO2)c1. The van der Waals surface area contributed by atoms with E-state index >= 15 is 0 Å². The Labute approximate surface area is 112 Å². The van der Waals surface area contributed by atoms with Crippen LogP contribution in [-0.4, -0.2) is 29.4 Å². The minimum absolute atomic E-state index is 0.0831. The Balaban J connectivity index is 1.93. The average molecular weight is 266 g/mol. The number of aromatic nitrogens is 1. The van der Waals surface area contributed by atoms with Crippen LogP contribution in [0, 0.1) is 0 Å². The van der Waals surface area contributed by atoms with Crippen molar-refractivity contribution in [2.75, 3.05) is 17.7 Å². The van der Waals surface area contributed by atoms with Crippen LogP contribution >= 0.6 is 11.8 Å². The molecule has 1 aliphatic heterocycles. The zero-order valence-corrected chi connectivity index (χ0v) is 11.3. The lowest BCUT2D eigenvalue weighted by Crippen LogP contribution is -2.27. The summed E-state index contributed by atoms with van der Waals surface area (Å²) in [7, 11) is 0. The van der Waals surface area contributed by atoms with Gasteiger partial charge in [-0.1, -0.05) is 6.92 Å². The van der Waals surface area contributed by atoms with Gasteiger partial charge < -0.3 is 10.1 Å². The quantitative estimate of drug-likeness (QED) is 0.889. The van der Waals surface area contributed by atoms with Crippen LogP contribution in [0.1, 0.15) is 25.3 Å². The van der Waals surface area contributed by atoms with Crippen molar-refractivity contribution in [1.29, 1.82) is 0 Å². The first-order valence-electron chi connectivity index (χ1n) is 6.24. The van der Waals surface area contributed by atoms with E-state index in [0.29, 0.717) is 12.4 Å². The molecule has 2 rings (SSSR count). The number of amides is 1. The summed E-state index contributed by atoms with van der Waals surface area (Å²) in [5, 5.41) is 2.82. The summed E-state index contributed by atoms with van der Waals surface area (Å²) in [4.78, 5) is 16.0. The molecule has 98 valence electrons. The standard InChI is InChI=1S/C13H18N2O2S/c1-2-18-9-10-5-6-14-12(8-10)15-13(16)11-4-3-7-17-11/h5-6,8,11H,2-4,7,9H2,1H3,(H,14,15,16)/t11-/m1/s1. The zero-order valence-electron chi connectivity index (χ0n) is 10.5. The number of nitrogens with zero attached hydrogens (tertiary/aromatic N) is 1. The van der Waals surface area contributed by atoms with E-state index in [9.17, 15) is 4.79 Å². The predicted octanol–water partition coefficient (Wildman–Crippen LogP) is 2.45. The molecule has 1 aromatic rings. The van der Waals surface area contributed by atoms with E-state index in [-0.39, 0.29) is 12.0 Å². The highest BCUT2D eigenvalue weighted by molar-refractivity contribution is 7.98. The van der Waals surface area contributed by atoms with Crippen LogP contribution in [0.2, 0.25) is 0 Å². The summed E-state index contributed by atoms with van der Waals surface area (Å²) in [6.07, 6.45) is 3.19. The van der Waals surface area contributed by atoms with E-state index in [1.165, 1.54) is 5.56 Å². The molecule has 0 radical (unpaired) electrons. The number of pyridine rings is 1. The molecule has 0 unspecified atom stereocenters. The maximum absolute atomic E-state index is 11.9. The molecule has 0 spiro atoms. The van der Waals surface area contributed by atoms with Crippen LogP contribution in [-0.2, 0) is 15.3 Å². The molecule has 1 amide bonds. The molecule has 5 heteroatoms. The Kier molecular flexibility index (Phi) is 5.01. The van der Waals surface area contributed by atoms with Crippen molar-refractivity contribution in [3.63, 3.8) is 0 Å². The Morgan fingerprint density at radius 2 is 2.56 bits per heavy atom. The first-order chi connectivity index (χ1) is 8.79. The monoisotopic (exact) mass is 266 g/mol. The minimum Gasteiger partial charge on any atom is -0.368 e. The van der Waals surface area contributed by atoms with Crippen LogP contribution in [0.15, 0.2) is 18.3 Å². The molecule has 1 N–H and O–H groups in total. The predicted molar refractivity (Wildman–Crippen MR) is 73.7 cm³/mol. The van der Waals surface area contributed by atoms with Gasteiger partial charge in [0.2, 0.25) is 0 Å². The second-order valence-corrected chi connectivity index (χ2v) is 5.45. The lowest BCUT2D eigenvalue weighted by Gasteiger charge is -2.10. The van der Waals surface area contributed by atoms with Crippen LogP contribution in [0.25, 0.3) is 0 Å². The maximum Gasteiger partial charge on any atom is 0.254 e. The number of hydrogen-bond donors (Lipinski definition) is 1. The largest absolute Gasteiger partial charge is 0.368 e. The van der Waals surface area contributed by atoms with E-state index < -0.39 is 0 Å². The lowest BCUT2D eigenvalue weighted by atomic mass is 10.2. The summed E-state index contributed by atoms with van der Waals surface area (Å²) in [6.45, 7) is 2.81. The van der Waals surface area contributed by atoms with Gasteiger partial charge in [-0.25, -0.2) is 4.98 Å². The fraction of sp³-hybridized carbons (Fsp3) is 0.538. The van der Waals surface area contributed by atoms with Crippen LogP contribution in [0.5, 0.6) is 0 Å². The normalized spacial score (nSPS) is 18.8. The first-order valence-corrected chi connectivity index (χ1v) is 7.40. The van der Waals surface area contributed by atoms with Crippen LogP contribution in [0.3, 0.4) is 0 Å². The number of hydrogen-bond acceptors (Lipinski definition) is 4. The molecule has 1 aliphatic rings. The molecular weight excluding hydrogens is 248 g/mol. The Morgan fingerprint density at radius 3 is 3.28 bits per heavy atom. The molecule has 0 saturated carbocycles. The number of nitrogens with one attached hydrogen (secondary N) is 1. The molecule has 1 fully saturated rings. The van der Waals surface area contributed by atoms with Gasteiger partial charge in [-0.05, 0) is 36.3 Å². The van der Waals surface area contributed by atoms with Crippen molar-refractivity contribution in [3.8, 4) is 0 Å². The van der Waals surface area contributed by atoms with Gasteiger partial charge in [0.05, 0.1) is 0 Å². The third-order valence-electron chi connectivity index (χ3n) is 2.77. The van der Waals surface area contributed by atoms with Gasteiger partial charge in [-0.2, -0.15) is 11.8 Å². The van der Waals surface area contributed by atoms with E-state index in [0.717, 1.165) is 24.3 Å². The van der Waals surface area contributed by atoms with Crippen molar-refractivity contribution in [3.05, 3.63) is 23.9 Å². The third-order valence-corrected chi connectivity index (χ3v) is 3.72. The molecule has 0 aliphatic carbocycles. The van der Waals surface area contributed by atoms with E-state index in [4.69, 9.17) is 4.74 Å². The van der Waals surface area contributed by atoms with Gasteiger partial charge in [0.1, 0.15) is 11.9 Å². The van der Waals surface area contributed by atoms with Gasteiger partial charge in [0.15, 0.2) is 0 Å². The van der Waals surface area contributed by atoms with Crippen molar-refractivity contribution >= 4 is 23.5 Å². The number of carbonyl (C=O) groups excluding carboxylic acids is 1. The van der Waals surface area contributed by atoms with Gasteiger partial charge >= 0.3 is 0 Å². The topological polar surface area (TPSA) is 51.2 Å².